The molecule has 160 valence electrons. The summed E-state index contributed by atoms with van der Waals surface area (Å²) in [6.45, 7) is 10.7. The van der Waals surface area contributed by atoms with Gasteiger partial charge in [-0.25, -0.2) is 14.8 Å². The molecule has 0 aromatic carbocycles. The summed E-state index contributed by atoms with van der Waals surface area (Å²) in [6, 6.07) is 1.92. The van der Waals surface area contributed by atoms with Gasteiger partial charge in [0, 0.05) is 36.6 Å². The van der Waals surface area contributed by atoms with Crippen LogP contribution < -0.4 is 5.56 Å². The molecular weight excluding hydrogens is 382 g/mol. The number of nitrogens with one attached hydrogen (secondary N) is 1. The van der Waals surface area contributed by atoms with Crippen LogP contribution in [0.2, 0.25) is 0 Å². The van der Waals surface area contributed by atoms with Gasteiger partial charge in [-0.3, -0.25) is 4.79 Å². The molecule has 0 radical (unpaired) electrons. The summed E-state index contributed by atoms with van der Waals surface area (Å²) in [4.78, 5) is 39.8. The van der Waals surface area contributed by atoms with Crippen molar-refractivity contribution < 1.29 is 9.53 Å². The molecule has 8 nitrogen and oxygen atoms in total. The van der Waals surface area contributed by atoms with Crippen LogP contribution >= 0.6 is 0 Å². The highest BCUT2D eigenvalue weighted by atomic mass is 16.6. The van der Waals surface area contributed by atoms with Crippen molar-refractivity contribution in [2.45, 2.75) is 65.0 Å². The molecule has 4 rings (SSSR count). The fourth-order valence-electron chi connectivity index (χ4n) is 4.08. The Balaban J connectivity index is 1.74. The minimum absolute atomic E-state index is 0.0110. The van der Waals surface area contributed by atoms with E-state index in [0.29, 0.717) is 31.6 Å². The first-order valence-corrected chi connectivity index (χ1v) is 10.5. The smallest absolute Gasteiger partial charge is 0.410 e. The number of pyridine rings is 1. The lowest BCUT2D eigenvalue weighted by Crippen LogP contribution is -2.43. The maximum absolute atomic E-state index is 13.5. The minimum Gasteiger partial charge on any atom is -0.444 e. The molecule has 4 heterocycles. The maximum atomic E-state index is 13.5. The topological polar surface area (TPSA) is 93.1 Å². The average molecular weight is 412 g/mol. The zero-order chi connectivity index (χ0) is 21.6. The van der Waals surface area contributed by atoms with Gasteiger partial charge in [-0.2, -0.15) is 0 Å². The SMILES string of the molecule is CC(C)c1nc2cnc3[nH]ccc3c2n(C2CCN(C(=O)OC(C)(C)C)CC2)c1=O. The van der Waals surface area contributed by atoms with Gasteiger partial charge in [0.15, 0.2) is 0 Å². The Bertz CT molecular complexity index is 1150. The fraction of sp³-hybridized carbons (Fsp3) is 0.545. The normalized spacial score (nSPS) is 16.0. The molecule has 0 unspecified atom stereocenters. The molecular formula is C22H29N5O3. The number of H-pyrrole nitrogens is 1. The third-order valence-electron chi connectivity index (χ3n) is 5.49. The Morgan fingerprint density at radius 1 is 1.27 bits per heavy atom. The Morgan fingerprint density at radius 2 is 1.97 bits per heavy atom. The molecule has 0 aliphatic carbocycles. The lowest BCUT2D eigenvalue weighted by molar-refractivity contribution is 0.0189. The third kappa shape index (κ3) is 3.66. The Labute approximate surface area is 175 Å². The van der Waals surface area contributed by atoms with Crippen LogP contribution in [0.1, 0.15) is 65.1 Å². The van der Waals surface area contributed by atoms with Gasteiger partial charge in [0.05, 0.1) is 11.7 Å². The molecule has 0 atom stereocenters. The van der Waals surface area contributed by atoms with Crippen molar-refractivity contribution in [3.8, 4) is 0 Å². The number of ether oxygens (including phenoxy) is 1. The van der Waals surface area contributed by atoms with E-state index in [1.807, 2.05) is 51.4 Å². The van der Waals surface area contributed by atoms with Gasteiger partial charge in [0.1, 0.15) is 22.5 Å². The molecule has 1 aliphatic rings. The molecule has 1 amide bonds. The van der Waals surface area contributed by atoms with Crippen molar-refractivity contribution in [1.29, 1.82) is 0 Å². The second-order valence-corrected chi connectivity index (χ2v) is 9.26. The van der Waals surface area contributed by atoms with E-state index in [-0.39, 0.29) is 23.6 Å². The van der Waals surface area contributed by atoms with E-state index < -0.39 is 5.60 Å². The fourth-order valence-corrected chi connectivity index (χ4v) is 4.08. The largest absolute Gasteiger partial charge is 0.444 e. The van der Waals surface area contributed by atoms with Crippen LogP contribution in [-0.2, 0) is 4.74 Å². The van der Waals surface area contributed by atoms with E-state index in [9.17, 15) is 9.59 Å². The lowest BCUT2D eigenvalue weighted by Gasteiger charge is -2.34. The molecule has 0 bridgehead atoms. The van der Waals surface area contributed by atoms with Crippen molar-refractivity contribution in [1.82, 2.24) is 24.4 Å². The van der Waals surface area contributed by atoms with E-state index >= 15 is 0 Å². The number of likely N-dealkylation sites (tertiary alicyclic amines) is 1. The number of carbonyl (C=O) groups is 1. The van der Waals surface area contributed by atoms with Crippen molar-refractivity contribution in [2.24, 2.45) is 0 Å². The molecule has 3 aromatic heterocycles. The summed E-state index contributed by atoms with van der Waals surface area (Å²) < 4.78 is 7.40. The van der Waals surface area contributed by atoms with Crippen LogP contribution in [0.15, 0.2) is 23.3 Å². The third-order valence-corrected chi connectivity index (χ3v) is 5.49. The summed E-state index contributed by atoms with van der Waals surface area (Å²) in [6.07, 6.45) is 4.63. The Morgan fingerprint density at radius 3 is 2.60 bits per heavy atom. The van der Waals surface area contributed by atoms with Gasteiger partial charge >= 0.3 is 6.09 Å². The number of rotatable bonds is 2. The van der Waals surface area contributed by atoms with E-state index in [2.05, 4.69) is 15.0 Å². The number of carbonyl (C=O) groups excluding carboxylic acids is 1. The number of nitrogens with zero attached hydrogens (tertiary/aromatic N) is 4. The molecule has 0 spiro atoms. The number of fused-ring (bicyclic) bond motifs is 3. The quantitative estimate of drug-likeness (QED) is 0.689. The van der Waals surface area contributed by atoms with Crippen LogP contribution in [0.25, 0.3) is 22.1 Å². The lowest BCUT2D eigenvalue weighted by atomic mass is 10.0. The average Bonchev–Trinajstić information content (AvgIpc) is 3.15. The van der Waals surface area contributed by atoms with E-state index in [4.69, 9.17) is 4.74 Å². The zero-order valence-electron chi connectivity index (χ0n) is 18.2. The first-order valence-electron chi connectivity index (χ1n) is 10.5. The molecule has 30 heavy (non-hydrogen) atoms. The van der Waals surface area contributed by atoms with Gasteiger partial charge in [0.2, 0.25) is 0 Å². The number of aromatic nitrogens is 4. The van der Waals surface area contributed by atoms with Crippen LogP contribution in [-0.4, -0.2) is 49.2 Å². The van der Waals surface area contributed by atoms with Crippen molar-refractivity contribution in [2.75, 3.05) is 13.1 Å². The number of hydrogen-bond acceptors (Lipinski definition) is 5. The van der Waals surface area contributed by atoms with E-state index in [0.717, 1.165) is 22.1 Å². The standard InChI is InChI=1S/C22H29N5O3/c1-13(2)17-20(28)27(18-15-6-9-23-19(15)24-12-16(18)25-17)14-7-10-26(11-8-14)21(29)30-22(3,4)5/h6,9,12-14H,7-8,10-11H2,1-5H3,(H,23,24). The maximum Gasteiger partial charge on any atom is 0.410 e. The second-order valence-electron chi connectivity index (χ2n) is 9.26. The second kappa shape index (κ2) is 7.41. The summed E-state index contributed by atoms with van der Waals surface area (Å²) in [5, 5.41) is 0.891. The van der Waals surface area contributed by atoms with Crippen molar-refractivity contribution in [3.05, 3.63) is 34.5 Å². The molecule has 3 aromatic rings. The number of hydrogen-bond donors (Lipinski definition) is 1. The number of amides is 1. The summed E-state index contributed by atoms with van der Waals surface area (Å²) in [5.74, 6) is 0.0110. The molecule has 1 N–H and O–H groups in total. The van der Waals surface area contributed by atoms with Crippen molar-refractivity contribution >= 4 is 28.2 Å². The summed E-state index contributed by atoms with van der Waals surface area (Å²) in [7, 11) is 0. The highest BCUT2D eigenvalue weighted by Crippen LogP contribution is 2.29. The predicted octanol–water partition coefficient (Wildman–Crippen LogP) is 3.97. The van der Waals surface area contributed by atoms with Crippen molar-refractivity contribution in [3.63, 3.8) is 0 Å². The number of aromatic amines is 1. The predicted molar refractivity (Wildman–Crippen MR) is 116 cm³/mol. The van der Waals surface area contributed by atoms with Crippen LogP contribution in [0.5, 0.6) is 0 Å². The van der Waals surface area contributed by atoms with Crippen LogP contribution in [0.3, 0.4) is 0 Å². The van der Waals surface area contributed by atoms with Crippen LogP contribution in [0, 0.1) is 0 Å². The minimum atomic E-state index is -0.523. The molecule has 1 aliphatic heterocycles. The molecule has 0 saturated carbocycles. The zero-order valence-corrected chi connectivity index (χ0v) is 18.2. The first kappa shape index (κ1) is 20.4. The van der Waals surface area contributed by atoms with Gasteiger partial charge in [-0.1, -0.05) is 13.8 Å². The van der Waals surface area contributed by atoms with Gasteiger partial charge < -0.3 is 19.2 Å². The number of piperidine rings is 1. The van der Waals surface area contributed by atoms with E-state index in [1.54, 1.807) is 11.1 Å². The van der Waals surface area contributed by atoms with Crippen LogP contribution in [0.4, 0.5) is 4.79 Å². The summed E-state index contributed by atoms with van der Waals surface area (Å²) in [5.41, 5.74) is 2.24. The molecule has 1 saturated heterocycles. The van der Waals surface area contributed by atoms with Gasteiger partial charge in [-0.05, 0) is 39.7 Å². The monoisotopic (exact) mass is 411 g/mol. The van der Waals surface area contributed by atoms with E-state index in [1.165, 1.54) is 0 Å². The first-order chi connectivity index (χ1) is 14.2. The summed E-state index contributed by atoms with van der Waals surface area (Å²) >= 11 is 0. The van der Waals surface area contributed by atoms with Gasteiger partial charge in [-0.15, -0.1) is 0 Å². The molecule has 8 heteroatoms. The Hall–Kier alpha value is -2.90. The highest BCUT2D eigenvalue weighted by Gasteiger charge is 2.30. The molecule has 1 fully saturated rings. The Kier molecular flexibility index (Phi) is 5.03. The van der Waals surface area contributed by atoms with Gasteiger partial charge in [0.25, 0.3) is 5.56 Å². The highest BCUT2D eigenvalue weighted by molar-refractivity contribution is 6.00.